The van der Waals surface area contributed by atoms with Crippen LogP contribution in [-0.4, -0.2) is 22.2 Å². The van der Waals surface area contributed by atoms with Crippen molar-refractivity contribution in [2.45, 2.75) is 27.2 Å². The van der Waals surface area contributed by atoms with Crippen LogP contribution in [0.4, 0.5) is 5.69 Å². The van der Waals surface area contributed by atoms with E-state index in [4.69, 9.17) is 5.73 Å². The monoisotopic (exact) mass is 224 g/mol. The predicted octanol–water partition coefficient (Wildman–Crippen LogP) is 1.17. The highest BCUT2D eigenvalue weighted by Gasteiger charge is 2.15. The fraction of sp³-hybridized carbons (Fsp3) is 0.636. The number of hydrogen-bond acceptors (Lipinski definition) is 3. The Labute approximate surface area is 96.0 Å². The number of hydrogen-bond donors (Lipinski definition) is 2. The topological polar surface area (TPSA) is 72.9 Å². The lowest BCUT2D eigenvalue weighted by Gasteiger charge is -2.18. The van der Waals surface area contributed by atoms with Crippen molar-refractivity contribution in [3.63, 3.8) is 0 Å². The molecular weight excluding hydrogens is 204 g/mol. The Balaban J connectivity index is 2.54. The normalized spacial score (nSPS) is 11.5. The minimum atomic E-state index is -0.165. The standard InChI is InChI=1S/C11H20N4O/c1-11(2,3)5-6-13-10(16)9-8(12)7-14-15(9)4/h7H,5-6,12H2,1-4H3,(H,13,16). The lowest BCUT2D eigenvalue weighted by molar-refractivity contribution is 0.0941. The number of carbonyl (C=O) groups excluding carboxylic acids is 1. The fourth-order valence-corrected chi connectivity index (χ4v) is 1.37. The molecule has 0 aromatic carbocycles. The second-order valence-corrected chi connectivity index (χ2v) is 5.14. The number of rotatable bonds is 3. The van der Waals surface area contributed by atoms with Crippen molar-refractivity contribution in [1.29, 1.82) is 0 Å². The number of carbonyl (C=O) groups is 1. The van der Waals surface area contributed by atoms with E-state index in [0.717, 1.165) is 6.42 Å². The molecule has 1 aromatic rings. The highest BCUT2D eigenvalue weighted by Crippen LogP contribution is 2.17. The molecule has 0 aliphatic heterocycles. The summed E-state index contributed by atoms with van der Waals surface area (Å²) < 4.78 is 1.49. The lowest BCUT2D eigenvalue weighted by Crippen LogP contribution is -2.29. The molecule has 5 heteroatoms. The number of nitrogens with zero attached hydrogens (tertiary/aromatic N) is 2. The first-order valence-corrected chi connectivity index (χ1v) is 5.37. The maximum atomic E-state index is 11.8. The SMILES string of the molecule is Cn1ncc(N)c1C(=O)NCCC(C)(C)C. The van der Waals surface area contributed by atoms with Gasteiger partial charge in [0, 0.05) is 13.6 Å². The first kappa shape index (κ1) is 12.5. The van der Waals surface area contributed by atoms with E-state index < -0.39 is 0 Å². The highest BCUT2D eigenvalue weighted by atomic mass is 16.2. The van der Waals surface area contributed by atoms with Gasteiger partial charge in [0.05, 0.1) is 11.9 Å². The highest BCUT2D eigenvalue weighted by molar-refractivity contribution is 5.97. The van der Waals surface area contributed by atoms with Gasteiger partial charge in [-0.25, -0.2) is 0 Å². The molecule has 0 fully saturated rings. The minimum absolute atomic E-state index is 0.165. The quantitative estimate of drug-likeness (QED) is 0.809. The Morgan fingerprint density at radius 2 is 2.19 bits per heavy atom. The third kappa shape index (κ3) is 3.25. The molecule has 1 heterocycles. The van der Waals surface area contributed by atoms with Gasteiger partial charge in [-0.1, -0.05) is 20.8 Å². The maximum Gasteiger partial charge on any atom is 0.271 e. The van der Waals surface area contributed by atoms with Crippen LogP contribution in [0.3, 0.4) is 0 Å². The Kier molecular flexibility index (Phi) is 3.57. The van der Waals surface area contributed by atoms with E-state index in [-0.39, 0.29) is 11.3 Å². The number of amides is 1. The molecule has 1 rings (SSSR count). The van der Waals surface area contributed by atoms with E-state index >= 15 is 0 Å². The second kappa shape index (κ2) is 4.55. The molecular formula is C11H20N4O. The summed E-state index contributed by atoms with van der Waals surface area (Å²) >= 11 is 0. The summed E-state index contributed by atoms with van der Waals surface area (Å²) in [6.07, 6.45) is 2.41. The van der Waals surface area contributed by atoms with Gasteiger partial charge in [-0.2, -0.15) is 5.10 Å². The molecule has 0 atom stereocenters. The maximum absolute atomic E-state index is 11.8. The largest absolute Gasteiger partial charge is 0.396 e. The van der Waals surface area contributed by atoms with Crippen LogP contribution in [0.5, 0.6) is 0 Å². The van der Waals surface area contributed by atoms with Crippen molar-refractivity contribution in [2.24, 2.45) is 12.5 Å². The zero-order chi connectivity index (χ0) is 12.3. The van der Waals surface area contributed by atoms with Crippen LogP contribution in [-0.2, 0) is 7.05 Å². The van der Waals surface area contributed by atoms with Gasteiger partial charge < -0.3 is 11.1 Å². The van der Waals surface area contributed by atoms with E-state index in [1.54, 1.807) is 7.05 Å². The van der Waals surface area contributed by atoms with Crippen LogP contribution in [0.1, 0.15) is 37.7 Å². The van der Waals surface area contributed by atoms with Gasteiger partial charge in [-0.15, -0.1) is 0 Å². The van der Waals surface area contributed by atoms with Crippen LogP contribution in [0.2, 0.25) is 0 Å². The molecule has 0 aliphatic carbocycles. The number of nitrogens with two attached hydrogens (primary N) is 1. The van der Waals surface area contributed by atoms with Crippen molar-refractivity contribution in [1.82, 2.24) is 15.1 Å². The van der Waals surface area contributed by atoms with E-state index in [0.29, 0.717) is 17.9 Å². The Morgan fingerprint density at radius 3 is 2.62 bits per heavy atom. The lowest BCUT2D eigenvalue weighted by atomic mass is 9.92. The van der Waals surface area contributed by atoms with E-state index in [2.05, 4.69) is 31.2 Å². The molecule has 0 unspecified atom stereocenters. The number of aryl methyl sites for hydroxylation is 1. The smallest absolute Gasteiger partial charge is 0.271 e. The zero-order valence-electron chi connectivity index (χ0n) is 10.4. The summed E-state index contributed by atoms with van der Waals surface area (Å²) in [6, 6.07) is 0. The zero-order valence-corrected chi connectivity index (χ0v) is 10.4. The third-order valence-electron chi connectivity index (χ3n) is 2.34. The second-order valence-electron chi connectivity index (χ2n) is 5.14. The summed E-state index contributed by atoms with van der Waals surface area (Å²) in [5.41, 5.74) is 6.71. The Bertz CT molecular complexity index is 356. The molecule has 0 saturated carbocycles. The average Bonchev–Trinajstić information content (AvgIpc) is 2.43. The average molecular weight is 224 g/mol. The number of nitrogens with one attached hydrogen (secondary N) is 1. The van der Waals surface area contributed by atoms with Gasteiger partial charge >= 0.3 is 0 Å². The van der Waals surface area contributed by atoms with Crippen LogP contribution in [0, 0.1) is 5.41 Å². The number of nitrogen functional groups attached to an aromatic ring is 1. The van der Waals surface area contributed by atoms with Gasteiger partial charge in [0.2, 0.25) is 0 Å². The summed E-state index contributed by atoms with van der Waals surface area (Å²) in [7, 11) is 1.70. The van der Waals surface area contributed by atoms with Crippen molar-refractivity contribution in [2.75, 3.05) is 12.3 Å². The van der Waals surface area contributed by atoms with Crippen molar-refractivity contribution in [3.8, 4) is 0 Å². The van der Waals surface area contributed by atoms with Crippen LogP contribution in [0.15, 0.2) is 6.20 Å². The van der Waals surface area contributed by atoms with Crippen molar-refractivity contribution < 1.29 is 4.79 Å². The Hall–Kier alpha value is -1.52. The van der Waals surface area contributed by atoms with E-state index in [1.807, 2.05) is 0 Å². The molecule has 0 spiro atoms. The molecule has 0 aliphatic rings. The van der Waals surface area contributed by atoms with E-state index in [9.17, 15) is 4.79 Å². The summed E-state index contributed by atoms with van der Waals surface area (Å²) in [4.78, 5) is 11.8. The molecule has 0 bridgehead atoms. The van der Waals surface area contributed by atoms with Crippen molar-refractivity contribution in [3.05, 3.63) is 11.9 Å². The van der Waals surface area contributed by atoms with Crippen LogP contribution >= 0.6 is 0 Å². The first-order chi connectivity index (χ1) is 7.31. The van der Waals surface area contributed by atoms with Crippen LogP contribution < -0.4 is 11.1 Å². The third-order valence-corrected chi connectivity index (χ3v) is 2.34. The molecule has 3 N–H and O–H groups in total. The fourth-order valence-electron chi connectivity index (χ4n) is 1.37. The summed E-state index contributed by atoms with van der Waals surface area (Å²) in [6.45, 7) is 7.06. The number of anilines is 1. The molecule has 0 saturated heterocycles. The molecule has 16 heavy (non-hydrogen) atoms. The van der Waals surface area contributed by atoms with Gasteiger partial charge in [0.1, 0.15) is 5.69 Å². The van der Waals surface area contributed by atoms with Crippen LogP contribution in [0.25, 0.3) is 0 Å². The minimum Gasteiger partial charge on any atom is -0.396 e. The first-order valence-electron chi connectivity index (χ1n) is 5.37. The van der Waals surface area contributed by atoms with Gasteiger partial charge in [-0.05, 0) is 11.8 Å². The molecule has 90 valence electrons. The molecule has 1 amide bonds. The van der Waals surface area contributed by atoms with Gasteiger partial charge in [0.25, 0.3) is 5.91 Å². The summed E-state index contributed by atoms with van der Waals surface area (Å²) in [5.74, 6) is -0.165. The van der Waals surface area contributed by atoms with Crippen molar-refractivity contribution >= 4 is 11.6 Å². The number of aromatic nitrogens is 2. The van der Waals surface area contributed by atoms with Gasteiger partial charge in [-0.3, -0.25) is 9.48 Å². The Morgan fingerprint density at radius 1 is 1.56 bits per heavy atom. The van der Waals surface area contributed by atoms with E-state index in [1.165, 1.54) is 10.9 Å². The summed E-state index contributed by atoms with van der Waals surface area (Å²) in [5, 5.41) is 6.77. The molecule has 0 radical (unpaired) electrons. The molecule has 1 aromatic heterocycles. The molecule has 5 nitrogen and oxygen atoms in total. The van der Waals surface area contributed by atoms with Gasteiger partial charge in [0.15, 0.2) is 0 Å². The predicted molar refractivity (Wildman–Crippen MR) is 64.0 cm³/mol.